The van der Waals surface area contributed by atoms with Gasteiger partial charge in [0.15, 0.2) is 0 Å². The van der Waals surface area contributed by atoms with Crippen molar-refractivity contribution in [2.45, 2.75) is 13.2 Å². The molecule has 1 fully saturated rings. The van der Waals surface area contributed by atoms with Gasteiger partial charge in [0.1, 0.15) is 12.4 Å². The SMILES string of the molecule is O=C(NCc1ccc(OCc2ccccn2)cc1)c1cccc(N2CCNC2=O)c1. The van der Waals surface area contributed by atoms with E-state index in [0.29, 0.717) is 37.5 Å². The minimum Gasteiger partial charge on any atom is -0.487 e. The third kappa shape index (κ3) is 4.75. The van der Waals surface area contributed by atoms with Gasteiger partial charge in [-0.25, -0.2) is 4.79 Å². The Bertz CT molecular complexity index is 1020. The minimum absolute atomic E-state index is 0.141. The molecule has 0 bridgehead atoms. The molecular weight excluding hydrogens is 380 g/mol. The Labute approximate surface area is 174 Å². The summed E-state index contributed by atoms with van der Waals surface area (Å²) in [6.07, 6.45) is 1.74. The monoisotopic (exact) mass is 402 g/mol. The molecule has 7 nitrogen and oxygen atoms in total. The lowest BCUT2D eigenvalue weighted by Crippen LogP contribution is -2.28. The first kappa shape index (κ1) is 19.4. The van der Waals surface area contributed by atoms with Crippen molar-refractivity contribution >= 4 is 17.6 Å². The molecule has 152 valence electrons. The summed E-state index contributed by atoms with van der Waals surface area (Å²) in [4.78, 5) is 30.2. The first-order chi connectivity index (χ1) is 14.7. The molecule has 2 heterocycles. The van der Waals surface area contributed by atoms with Crippen molar-refractivity contribution in [1.29, 1.82) is 0 Å². The van der Waals surface area contributed by atoms with Crippen molar-refractivity contribution in [2.24, 2.45) is 0 Å². The maximum Gasteiger partial charge on any atom is 0.321 e. The molecule has 1 saturated heterocycles. The molecule has 0 spiro atoms. The summed E-state index contributed by atoms with van der Waals surface area (Å²) in [6.45, 7) is 2.01. The Balaban J connectivity index is 1.31. The Morgan fingerprint density at radius 2 is 1.97 bits per heavy atom. The predicted octanol–water partition coefficient (Wildman–Crippen LogP) is 3.12. The van der Waals surface area contributed by atoms with Crippen LogP contribution in [-0.4, -0.2) is 30.0 Å². The van der Waals surface area contributed by atoms with E-state index < -0.39 is 0 Å². The van der Waals surface area contributed by atoms with E-state index >= 15 is 0 Å². The fraction of sp³-hybridized carbons (Fsp3) is 0.174. The minimum atomic E-state index is -0.188. The molecule has 0 unspecified atom stereocenters. The van der Waals surface area contributed by atoms with Crippen LogP contribution in [0.5, 0.6) is 5.75 Å². The normalized spacial score (nSPS) is 13.1. The molecule has 0 atom stereocenters. The molecular formula is C23H22N4O3. The predicted molar refractivity (Wildman–Crippen MR) is 113 cm³/mol. The van der Waals surface area contributed by atoms with Gasteiger partial charge in [-0.3, -0.25) is 14.7 Å². The third-order valence-corrected chi connectivity index (χ3v) is 4.77. The summed E-state index contributed by atoms with van der Waals surface area (Å²) in [6, 6.07) is 20.2. The number of benzene rings is 2. The number of urea groups is 1. The number of carbonyl (C=O) groups is 2. The molecule has 3 aromatic rings. The molecule has 1 aliphatic rings. The topological polar surface area (TPSA) is 83.6 Å². The maximum atomic E-state index is 12.5. The van der Waals surface area contributed by atoms with Crippen LogP contribution in [0.15, 0.2) is 72.9 Å². The molecule has 3 amide bonds. The lowest BCUT2D eigenvalue weighted by atomic mass is 10.1. The summed E-state index contributed by atoms with van der Waals surface area (Å²) >= 11 is 0. The Kier molecular flexibility index (Phi) is 5.89. The van der Waals surface area contributed by atoms with Gasteiger partial charge in [-0.05, 0) is 48.0 Å². The van der Waals surface area contributed by atoms with Gasteiger partial charge in [0.05, 0.1) is 5.69 Å². The van der Waals surface area contributed by atoms with E-state index in [1.165, 1.54) is 0 Å². The van der Waals surface area contributed by atoms with Crippen LogP contribution in [0, 0.1) is 0 Å². The summed E-state index contributed by atoms with van der Waals surface area (Å²) in [5, 5.41) is 5.67. The largest absolute Gasteiger partial charge is 0.487 e. The second kappa shape index (κ2) is 9.09. The van der Waals surface area contributed by atoms with Crippen molar-refractivity contribution in [2.75, 3.05) is 18.0 Å². The van der Waals surface area contributed by atoms with Gasteiger partial charge in [-0.2, -0.15) is 0 Å². The number of ether oxygens (including phenoxy) is 1. The van der Waals surface area contributed by atoms with Crippen molar-refractivity contribution in [3.63, 3.8) is 0 Å². The number of nitrogens with one attached hydrogen (secondary N) is 2. The van der Waals surface area contributed by atoms with Crippen molar-refractivity contribution in [1.82, 2.24) is 15.6 Å². The van der Waals surface area contributed by atoms with Crippen molar-refractivity contribution in [3.8, 4) is 5.75 Å². The first-order valence-electron chi connectivity index (χ1n) is 9.74. The van der Waals surface area contributed by atoms with Gasteiger partial charge in [0, 0.05) is 37.1 Å². The van der Waals surface area contributed by atoms with Crippen LogP contribution in [0.2, 0.25) is 0 Å². The van der Waals surface area contributed by atoms with Crippen molar-refractivity contribution < 1.29 is 14.3 Å². The van der Waals surface area contributed by atoms with Gasteiger partial charge < -0.3 is 15.4 Å². The highest BCUT2D eigenvalue weighted by Gasteiger charge is 2.21. The summed E-state index contributed by atoms with van der Waals surface area (Å²) in [5.74, 6) is 0.555. The Morgan fingerprint density at radius 1 is 1.10 bits per heavy atom. The number of anilines is 1. The van der Waals surface area contributed by atoms with Crippen LogP contribution in [0.25, 0.3) is 0 Å². The number of aromatic nitrogens is 1. The van der Waals surface area contributed by atoms with Crippen molar-refractivity contribution in [3.05, 3.63) is 89.7 Å². The molecule has 30 heavy (non-hydrogen) atoms. The number of hydrogen-bond acceptors (Lipinski definition) is 4. The van der Waals surface area contributed by atoms with Crippen LogP contribution >= 0.6 is 0 Å². The van der Waals surface area contributed by atoms with Crippen LogP contribution in [0.4, 0.5) is 10.5 Å². The number of carbonyl (C=O) groups excluding carboxylic acids is 2. The van der Waals surface area contributed by atoms with E-state index in [1.807, 2.05) is 48.5 Å². The molecule has 0 radical (unpaired) electrons. The third-order valence-electron chi connectivity index (χ3n) is 4.77. The summed E-state index contributed by atoms with van der Waals surface area (Å²) in [5.41, 5.74) is 3.06. The average Bonchev–Trinajstić information content (AvgIpc) is 3.23. The fourth-order valence-electron chi connectivity index (χ4n) is 3.16. The quantitative estimate of drug-likeness (QED) is 0.636. The van der Waals surface area contributed by atoms with Gasteiger partial charge in [-0.1, -0.05) is 24.3 Å². The van der Waals surface area contributed by atoms with Crippen LogP contribution in [0.1, 0.15) is 21.6 Å². The molecule has 0 saturated carbocycles. The number of nitrogens with zero attached hydrogens (tertiary/aromatic N) is 2. The Hall–Kier alpha value is -3.87. The molecule has 1 aromatic heterocycles. The highest BCUT2D eigenvalue weighted by molar-refractivity contribution is 5.98. The van der Waals surface area contributed by atoms with Crippen LogP contribution in [0.3, 0.4) is 0 Å². The van der Waals surface area contributed by atoms with Gasteiger partial charge >= 0.3 is 6.03 Å². The fourth-order valence-corrected chi connectivity index (χ4v) is 3.16. The molecule has 7 heteroatoms. The van der Waals surface area contributed by atoms with Gasteiger partial charge in [0.2, 0.25) is 0 Å². The number of pyridine rings is 1. The van der Waals surface area contributed by atoms with Gasteiger partial charge in [0.25, 0.3) is 5.91 Å². The highest BCUT2D eigenvalue weighted by Crippen LogP contribution is 2.18. The van der Waals surface area contributed by atoms with E-state index in [9.17, 15) is 9.59 Å². The molecule has 1 aliphatic heterocycles. The van der Waals surface area contributed by atoms with E-state index in [0.717, 1.165) is 17.0 Å². The zero-order valence-corrected chi connectivity index (χ0v) is 16.4. The smallest absolute Gasteiger partial charge is 0.321 e. The van der Waals surface area contributed by atoms with E-state index in [-0.39, 0.29) is 11.9 Å². The lowest BCUT2D eigenvalue weighted by Gasteiger charge is -2.15. The van der Waals surface area contributed by atoms with E-state index in [1.54, 1.807) is 29.3 Å². The zero-order chi connectivity index (χ0) is 20.8. The maximum absolute atomic E-state index is 12.5. The number of rotatable bonds is 7. The second-order valence-electron chi connectivity index (χ2n) is 6.87. The summed E-state index contributed by atoms with van der Waals surface area (Å²) in [7, 11) is 0. The van der Waals surface area contributed by atoms with E-state index in [4.69, 9.17) is 4.74 Å². The number of amides is 3. The number of hydrogen-bond donors (Lipinski definition) is 2. The molecule has 0 aliphatic carbocycles. The molecule has 2 N–H and O–H groups in total. The average molecular weight is 402 g/mol. The molecule has 4 rings (SSSR count). The second-order valence-corrected chi connectivity index (χ2v) is 6.87. The van der Waals surface area contributed by atoms with E-state index in [2.05, 4.69) is 15.6 Å². The first-order valence-corrected chi connectivity index (χ1v) is 9.74. The van der Waals surface area contributed by atoms with Crippen LogP contribution in [-0.2, 0) is 13.2 Å². The highest BCUT2D eigenvalue weighted by atomic mass is 16.5. The zero-order valence-electron chi connectivity index (χ0n) is 16.4. The van der Waals surface area contributed by atoms with Gasteiger partial charge in [-0.15, -0.1) is 0 Å². The van der Waals surface area contributed by atoms with Crippen LogP contribution < -0.4 is 20.3 Å². The molecule has 2 aromatic carbocycles. The Morgan fingerprint density at radius 3 is 2.70 bits per heavy atom. The standard InChI is InChI=1S/C23H22N4O3/c28-22(18-4-3-6-20(14-18)27-13-12-25-23(27)29)26-15-17-7-9-21(10-8-17)30-16-19-5-1-2-11-24-19/h1-11,14H,12-13,15-16H2,(H,25,29)(H,26,28). The lowest BCUT2D eigenvalue weighted by molar-refractivity contribution is 0.0951. The summed E-state index contributed by atoms with van der Waals surface area (Å²) < 4.78 is 5.73.